The van der Waals surface area contributed by atoms with Crippen molar-refractivity contribution in [3.8, 4) is 0 Å². The number of rotatable bonds is 5. The van der Waals surface area contributed by atoms with Gasteiger partial charge in [-0.25, -0.2) is 0 Å². The molecule has 3 nitrogen and oxygen atoms in total. The standard InChI is InChI=1S/C18H21IN2O/c1-13(2)21(15-10-8-14(3)9-11-15)12-18(22)20-17-7-5-4-6-16(17)19/h4-11,13H,12H2,1-3H3,(H,20,22). The molecule has 0 spiro atoms. The van der Waals surface area contributed by atoms with Crippen LogP contribution >= 0.6 is 22.6 Å². The van der Waals surface area contributed by atoms with Gasteiger partial charge in [0.2, 0.25) is 5.91 Å². The summed E-state index contributed by atoms with van der Waals surface area (Å²) in [6.07, 6.45) is 0. The molecule has 0 saturated heterocycles. The number of aryl methyl sites for hydroxylation is 1. The molecular weight excluding hydrogens is 387 g/mol. The molecule has 2 aromatic carbocycles. The van der Waals surface area contributed by atoms with E-state index in [0.29, 0.717) is 6.54 Å². The third-order valence-corrected chi connectivity index (χ3v) is 4.39. The highest BCUT2D eigenvalue weighted by molar-refractivity contribution is 14.1. The number of hydrogen-bond donors (Lipinski definition) is 1. The van der Waals surface area contributed by atoms with E-state index in [-0.39, 0.29) is 11.9 Å². The molecule has 0 heterocycles. The average molecular weight is 408 g/mol. The monoisotopic (exact) mass is 408 g/mol. The lowest BCUT2D eigenvalue weighted by atomic mass is 10.2. The molecule has 0 unspecified atom stereocenters. The number of hydrogen-bond acceptors (Lipinski definition) is 2. The van der Waals surface area contributed by atoms with Crippen molar-refractivity contribution in [3.05, 3.63) is 57.7 Å². The van der Waals surface area contributed by atoms with Crippen molar-refractivity contribution in [3.63, 3.8) is 0 Å². The lowest BCUT2D eigenvalue weighted by Gasteiger charge is -2.28. The lowest BCUT2D eigenvalue weighted by molar-refractivity contribution is -0.115. The first-order valence-corrected chi connectivity index (χ1v) is 8.43. The number of amides is 1. The van der Waals surface area contributed by atoms with Crippen molar-refractivity contribution in [2.24, 2.45) is 0 Å². The SMILES string of the molecule is Cc1ccc(N(CC(=O)Nc2ccccc2I)C(C)C)cc1. The van der Waals surface area contributed by atoms with E-state index >= 15 is 0 Å². The van der Waals surface area contributed by atoms with Crippen LogP contribution in [0.25, 0.3) is 0 Å². The fourth-order valence-electron chi connectivity index (χ4n) is 2.22. The molecule has 0 fully saturated rings. The van der Waals surface area contributed by atoms with Crippen molar-refractivity contribution in [2.75, 3.05) is 16.8 Å². The fourth-order valence-corrected chi connectivity index (χ4v) is 2.74. The Morgan fingerprint density at radius 1 is 1.14 bits per heavy atom. The van der Waals surface area contributed by atoms with Gasteiger partial charge in [0.25, 0.3) is 0 Å². The molecule has 22 heavy (non-hydrogen) atoms. The van der Waals surface area contributed by atoms with E-state index in [1.54, 1.807) is 0 Å². The summed E-state index contributed by atoms with van der Waals surface area (Å²) in [5.41, 5.74) is 3.15. The number of halogens is 1. The van der Waals surface area contributed by atoms with E-state index < -0.39 is 0 Å². The molecule has 0 aliphatic carbocycles. The molecule has 2 aromatic rings. The van der Waals surface area contributed by atoms with E-state index in [4.69, 9.17) is 0 Å². The molecule has 4 heteroatoms. The van der Waals surface area contributed by atoms with Crippen LogP contribution in [0, 0.1) is 10.5 Å². The molecule has 0 aromatic heterocycles. The second-order valence-corrected chi connectivity index (χ2v) is 6.75. The molecule has 0 aliphatic rings. The molecule has 0 atom stereocenters. The van der Waals surface area contributed by atoms with Gasteiger partial charge in [0, 0.05) is 15.3 Å². The zero-order valence-corrected chi connectivity index (χ0v) is 15.3. The Hall–Kier alpha value is -1.56. The van der Waals surface area contributed by atoms with E-state index in [1.807, 2.05) is 24.3 Å². The summed E-state index contributed by atoms with van der Waals surface area (Å²) in [7, 11) is 0. The van der Waals surface area contributed by atoms with E-state index in [2.05, 4.69) is 77.8 Å². The van der Waals surface area contributed by atoms with Crippen molar-refractivity contribution in [2.45, 2.75) is 26.8 Å². The molecule has 0 saturated carbocycles. The Morgan fingerprint density at radius 3 is 2.36 bits per heavy atom. The molecule has 0 radical (unpaired) electrons. The summed E-state index contributed by atoms with van der Waals surface area (Å²) in [5.74, 6) is -0.00149. The highest BCUT2D eigenvalue weighted by Crippen LogP contribution is 2.19. The first-order chi connectivity index (χ1) is 10.5. The first kappa shape index (κ1) is 16.8. The van der Waals surface area contributed by atoms with Gasteiger partial charge in [-0.3, -0.25) is 4.79 Å². The zero-order chi connectivity index (χ0) is 16.1. The number of carbonyl (C=O) groups is 1. The summed E-state index contributed by atoms with van der Waals surface area (Å²) < 4.78 is 1.04. The summed E-state index contributed by atoms with van der Waals surface area (Å²) in [4.78, 5) is 14.5. The third-order valence-electron chi connectivity index (χ3n) is 3.45. The number of benzene rings is 2. The second kappa shape index (κ2) is 7.63. The van der Waals surface area contributed by atoms with Crippen LogP contribution in [0.4, 0.5) is 11.4 Å². The van der Waals surface area contributed by atoms with Gasteiger partial charge >= 0.3 is 0 Å². The number of para-hydroxylation sites is 1. The summed E-state index contributed by atoms with van der Waals surface area (Å²) >= 11 is 2.23. The molecule has 0 bridgehead atoms. The van der Waals surface area contributed by atoms with Gasteiger partial charge in [0.15, 0.2) is 0 Å². The highest BCUT2D eigenvalue weighted by atomic mass is 127. The van der Waals surface area contributed by atoms with Gasteiger partial charge in [-0.05, 0) is 67.6 Å². The largest absolute Gasteiger partial charge is 0.360 e. The van der Waals surface area contributed by atoms with E-state index in [1.165, 1.54) is 5.56 Å². The minimum atomic E-state index is -0.00149. The number of nitrogens with zero attached hydrogens (tertiary/aromatic N) is 1. The van der Waals surface area contributed by atoms with Crippen molar-refractivity contribution >= 4 is 39.9 Å². The van der Waals surface area contributed by atoms with Crippen LogP contribution in [0.5, 0.6) is 0 Å². The van der Waals surface area contributed by atoms with Gasteiger partial charge in [-0.1, -0.05) is 29.8 Å². The average Bonchev–Trinajstić information content (AvgIpc) is 2.48. The molecule has 0 aliphatic heterocycles. The normalized spacial score (nSPS) is 10.6. The van der Waals surface area contributed by atoms with Crippen LogP contribution < -0.4 is 10.2 Å². The number of nitrogens with one attached hydrogen (secondary N) is 1. The Morgan fingerprint density at radius 2 is 1.77 bits per heavy atom. The number of carbonyl (C=O) groups excluding carboxylic acids is 1. The maximum absolute atomic E-state index is 12.4. The van der Waals surface area contributed by atoms with E-state index in [9.17, 15) is 4.79 Å². The Bertz CT molecular complexity index is 638. The van der Waals surface area contributed by atoms with Crippen molar-refractivity contribution in [1.29, 1.82) is 0 Å². The number of anilines is 2. The Balaban J connectivity index is 2.09. The zero-order valence-electron chi connectivity index (χ0n) is 13.1. The van der Waals surface area contributed by atoms with Gasteiger partial charge in [-0.15, -0.1) is 0 Å². The predicted molar refractivity (Wildman–Crippen MR) is 101 cm³/mol. The summed E-state index contributed by atoms with van der Waals surface area (Å²) in [6, 6.07) is 16.3. The Kier molecular flexibility index (Phi) is 5.83. The lowest BCUT2D eigenvalue weighted by Crippen LogP contribution is -2.38. The van der Waals surface area contributed by atoms with Crippen LogP contribution in [-0.2, 0) is 4.79 Å². The smallest absolute Gasteiger partial charge is 0.243 e. The minimum Gasteiger partial charge on any atom is -0.360 e. The second-order valence-electron chi connectivity index (χ2n) is 5.59. The highest BCUT2D eigenvalue weighted by Gasteiger charge is 2.15. The van der Waals surface area contributed by atoms with Gasteiger partial charge in [-0.2, -0.15) is 0 Å². The van der Waals surface area contributed by atoms with Crippen molar-refractivity contribution in [1.82, 2.24) is 0 Å². The first-order valence-electron chi connectivity index (χ1n) is 7.35. The van der Waals surface area contributed by atoms with Crippen LogP contribution in [0.1, 0.15) is 19.4 Å². The molecule has 2 rings (SSSR count). The molecular formula is C18H21IN2O. The minimum absolute atomic E-state index is 0.00149. The van der Waals surface area contributed by atoms with E-state index in [0.717, 1.165) is 14.9 Å². The van der Waals surface area contributed by atoms with Crippen LogP contribution in [0.3, 0.4) is 0 Å². The van der Waals surface area contributed by atoms with Crippen molar-refractivity contribution < 1.29 is 4.79 Å². The Labute approximate surface area is 145 Å². The third kappa shape index (κ3) is 4.47. The maximum atomic E-state index is 12.4. The topological polar surface area (TPSA) is 32.3 Å². The fraction of sp³-hybridized carbons (Fsp3) is 0.278. The molecule has 1 amide bonds. The van der Waals surface area contributed by atoms with Gasteiger partial charge in [0.05, 0.1) is 12.2 Å². The summed E-state index contributed by atoms with van der Waals surface area (Å²) in [6.45, 7) is 6.60. The molecule has 116 valence electrons. The van der Waals surface area contributed by atoms with Gasteiger partial charge in [0.1, 0.15) is 0 Å². The van der Waals surface area contributed by atoms with Gasteiger partial charge < -0.3 is 10.2 Å². The molecule has 1 N–H and O–H groups in total. The quantitative estimate of drug-likeness (QED) is 0.742. The summed E-state index contributed by atoms with van der Waals surface area (Å²) in [5, 5.41) is 2.99. The predicted octanol–water partition coefficient (Wildman–Crippen LogP) is 4.45. The van der Waals surface area contributed by atoms with Crippen LogP contribution in [-0.4, -0.2) is 18.5 Å². The maximum Gasteiger partial charge on any atom is 0.243 e. The van der Waals surface area contributed by atoms with Crippen LogP contribution in [0.15, 0.2) is 48.5 Å². The van der Waals surface area contributed by atoms with Crippen LogP contribution in [0.2, 0.25) is 0 Å².